The van der Waals surface area contributed by atoms with Gasteiger partial charge in [0.05, 0.1) is 11.5 Å². The highest BCUT2D eigenvalue weighted by Gasteiger charge is 2.09. The Labute approximate surface area is 272 Å². The van der Waals surface area contributed by atoms with Crippen LogP contribution in [-0.4, -0.2) is 19.9 Å². The number of allylic oxidation sites excluding steroid dienone is 4. The van der Waals surface area contributed by atoms with Gasteiger partial charge in [0, 0.05) is 0 Å². The van der Waals surface area contributed by atoms with Crippen LogP contribution in [0.5, 0.6) is 0 Å². The fourth-order valence-electron chi connectivity index (χ4n) is 5.95. The quantitative estimate of drug-likeness (QED) is 0.0514. The molecule has 0 aromatic rings. The molecule has 0 aromatic carbocycles. The lowest BCUT2D eigenvalue weighted by Crippen LogP contribution is -2.11. The van der Waals surface area contributed by atoms with Crippen LogP contribution in [0.3, 0.4) is 0 Å². The third-order valence-electron chi connectivity index (χ3n) is 8.93. The molecular weight excluding hydrogens is 545 g/mol. The highest BCUT2D eigenvalue weighted by molar-refractivity contribution is 7.91. The van der Waals surface area contributed by atoms with E-state index in [1.807, 2.05) is 0 Å². The van der Waals surface area contributed by atoms with E-state index < -0.39 is 9.84 Å². The second-order valence-corrected chi connectivity index (χ2v) is 15.7. The molecule has 0 atom stereocenters. The van der Waals surface area contributed by atoms with Crippen molar-refractivity contribution in [3.05, 3.63) is 24.3 Å². The van der Waals surface area contributed by atoms with Gasteiger partial charge < -0.3 is 0 Å². The molecule has 0 saturated heterocycles. The molecule has 256 valence electrons. The molecule has 0 aliphatic rings. The van der Waals surface area contributed by atoms with Gasteiger partial charge in [0.2, 0.25) is 0 Å². The van der Waals surface area contributed by atoms with Crippen molar-refractivity contribution < 1.29 is 8.42 Å². The van der Waals surface area contributed by atoms with Gasteiger partial charge in [-0.05, 0) is 64.2 Å². The zero-order valence-electron chi connectivity index (χ0n) is 29.6. The Kier molecular flexibility index (Phi) is 35.4. The molecule has 0 rings (SSSR count). The molecule has 2 nitrogen and oxygen atoms in total. The Morgan fingerprint density at radius 1 is 0.302 bits per heavy atom. The van der Waals surface area contributed by atoms with Crippen molar-refractivity contribution in [3.63, 3.8) is 0 Å². The monoisotopic (exact) mass is 623 g/mol. The molecule has 43 heavy (non-hydrogen) atoms. The minimum atomic E-state index is -2.84. The van der Waals surface area contributed by atoms with Crippen molar-refractivity contribution in [2.75, 3.05) is 11.5 Å². The van der Waals surface area contributed by atoms with Gasteiger partial charge in [0.1, 0.15) is 9.84 Å². The third-order valence-corrected chi connectivity index (χ3v) is 10.8. The fourth-order valence-corrected chi connectivity index (χ4v) is 7.44. The molecule has 0 saturated carbocycles. The second-order valence-electron chi connectivity index (χ2n) is 13.4. The normalized spacial score (nSPS) is 12.3. The topological polar surface area (TPSA) is 34.1 Å². The van der Waals surface area contributed by atoms with Gasteiger partial charge in [-0.1, -0.05) is 179 Å². The van der Waals surface area contributed by atoms with Crippen molar-refractivity contribution in [1.29, 1.82) is 0 Å². The Morgan fingerprint density at radius 2 is 0.512 bits per heavy atom. The van der Waals surface area contributed by atoms with Gasteiger partial charge in [-0.15, -0.1) is 0 Å². The highest BCUT2D eigenvalue weighted by atomic mass is 32.2. The summed E-state index contributed by atoms with van der Waals surface area (Å²) in [4.78, 5) is 0. The maximum Gasteiger partial charge on any atom is 0.150 e. The summed E-state index contributed by atoms with van der Waals surface area (Å²) in [6.45, 7) is 4.56. The van der Waals surface area contributed by atoms with Gasteiger partial charge in [0.15, 0.2) is 0 Å². The van der Waals surface area contributed by atoms with Crippen molar-refractivity contribution in [2.24, 2.45) is 0 Å². The SMILES string of the molecule is CCCCCCCCCC=CCCCCCCCCCS(=O)(=O)CCCCCCCCCC=CCCCCCCCCC. The van der Waals surface area contributed by atoms with E-state index >= 15 is 0 Å². The first-order valence-corrected chi connectivity index (χ1v) is 21.4. The van der Waals surface area contributed by atoms with Crippen LogP contribution < -0.4 is 0 Å². The molecule has 0 aromatic heterocycles. The number of rotatable bonds is 36. The van der Waals surface area contributed by atoms with Crippen LogP contribution >= 0.6 is 0 Å². The van der Waals surface area contributed by atoms with Crippen LogP contribution in [-0.2, 0) is 9.84 Å². The molecular formula is C40H78O2S. The Hall–Kier alpha value is -0.570. The zero-order chi connectivity index (χ0) is 31.4. The van der Waals surface area contributed by atoms with E-state index in [9.17, 15) is 8.42 Å². The lowest BCUT2D eigenvalue weighted by molar-refractivity contribution is 0.566. The van der Waals surface area contributed by atoms with Gasteiger partial charge in [-0.2, -0.15) is 0 Å². The van der Waals surface area contributed by atoms with E-state index in [4.69, 9.17) is 0 Å². The molecule has 0 amide bonds. The molecule has 0 N–H and O–H groups in total. The fraction of sp³-hybridized carbons (Fsp3) is 0.900. The highest BCUT2D eigenvalue weighted by Crippen LogP contribution is 2.14. The number of unbranched alkanes of at least 4 members (excludes halogenated alkanes) is 28. The van der Waals surface area contributed by atoms with Crippen LogP contribution in [0.15, 0.2) is 24.3 Å². The van der Waals surface area contributed by atoms with Crippen LogP contribution in [0.2, 0.25) is 0 Å². The standard InChI is InChI=1S/C40H78O2S/c1-3-5-7-9-11-13-15-17-19-21-23-25-27-29-31-33-35-37-39-43(41,42)40-38-36-34-32-30-28-26-24-22-20-18-16-14-12-10-8-6-4-2/h19-22H,3-18,23-40H2,1-2H3. The summed E-state index contributed by atoms with van der Waals surface area (Å²) < 4.78 is 24.7. The lowest BCUT2D eigenvalue weighted by Gasteiger charge is -2.05. The van der Waals surface area contributed by atoms with E-state index in [0.717, 1.165) is 25.7 Å². The summed E-state index contributed by atoms with van der Waals surface area (Å²) in [6, 6.07) is 0. The second kappa shape index (κ2) is 35.9. The average Bonchev–Trinajstić information content (AvgIpc) is 3.00. The number of hydrogen-bond acceptors (Lipinski definition) is 2. The Bertz CT molecular complexity index is 627. The summed E-state index contributed by atoms with van der Waals surface area (Å²) in [7, 11) is -2.84. The summed E-state index contributed by atoms with van der Waals surface area (Å²) >= 11 is 0. The van der Waals surface area contributed by atoms with Crippen molar-refractivity contribution >= 4 is 9.84 Å². The van der Waals surface area contributed by atoms with E-state index in [1.165, 1.54) is 180 Å². The van der Waals surface area contributed by atoms with E-state index in [-0.39, 0.29) is 0 Å². The van der Waals surface area contributed by atoms with Crippen molar-refractivity contribution in [2.45, 2.75) is 219 Å². The Morgan fingerprint density at radius 3 is 0.767 bits per heavy atom. The van der Waals surface area contributed by atoms with Crippen molar-refractivity contribution in [1.82, 2.24) is 0 Å². The first-order chi connectivity index (χ1) is 21.1. The minimum Gasteiger partial charge on any atom is -0.229 e. The zero-order valence-corrected chi connectivity index (χ0v) is 30.4. The first-order valence-electron chi connectivity index (χ1n) is 19.6. The maximum atomic E-state index is 12.4. The molecule has 0 fully saturated rings. The van der Waals surface area contributed by atoms with E-state index in [2.05, 4.69) is 38.2 Å². The number of sulfone groups is 1. The largest absolute Gasteiger partial charge is 0.229 e. The first kappa shape index (κ1) is 42.4. The maximum absolute atomic E-state index is 12.4. The van der Waals surface area contributed by atoms with Crippen LogP contribution in [0.1, 0.15) is 219 Å². The summed E-state index contributed by atoms with van der Waals surface area (Å²) in [5.41, 5.74) is 0. The summed E-state index contributed by atoms with van der Waals surface area (Å²) in [5.74, 6) is 0.812. The molecule has 3 heteroatoms. The van der Waals surface area contributed by atoms with Gasteiger partial charge in [-0.3, -0.25) is 0 Å². The predicted molar refractivity (Wildman–Crippen MR) is 196 cm³/mol. The molecule has 0 unspecified atom stereocenters. The summed E-state index contributed by atoms with van der Waals surface area (Å²) in [6.07, 6.45) is 50.7. The number of hydrogen-bond donors (Lipinski definition) is 0. The molecule has 0 spiro atoms. The minimum absolute atomic E-state index is 0.406. The summed E-state index contributed by atoms with van der Waals surface area (Å²) in [5, 5.41) is 0. The molecule has 0 heterocycles. The van der Waals surface area contributed by atoms with Gasteiger partial charge >= 0.3 is 0 Å². The smallest absolute Gasteiger partial charge is 0.150 e. The Balaban J connectivity index is 3.35. The van der Waals surface area contributed by atoms with Crippen molar-refractivity contribution in [3.8, 4) is 0 Å². The average molecular weight is 623 g/mol. The predicted octanol–water partition coefficient (Wildman–Crippen LogP) is 14.0. The van der Waals surface area contributed by atoms with Gasteiger partial charge in [0.25, 0.3) is 0 Å². The molecule has 0 radical (unpaired) electrons. The third kappa shape index (κ3) is 37.5. The van der Waals surface area contributed by atoms with Gasteiger partial charge in [-0.25, -0.2) is 8.42 Å². The van der Waals surface area contributed by atoms with Crippen LogP contribution in [0.25, 0.3) is 0 Å². The molecule has 0 aliphatic carbocycles. The van der Waals surface area contributed by atoms with Crippen LogP contribution in [0, 0.1) is 0 Å². The molecule has 0 aliphatic heterocycles. The van der Waals surface area contributed by atoms with E-state index in [0.29, 0.717) is 11.5 Å². The lowest BCUT2D eigenvalue weighted by atomic mass is 10.1. The molecule has 0 bridgehead atoms. The van der Waals surface area contributed by atoms with E-state index in [1.54, 1.807) is 0 Å². The van der Waals surface area contributed by atoms with Crippen LogP contribution in [0.4, 0.5) is 0 Å².